The van der Waals surface area contributed by atoms with Gasteiger partial charge in [-0.05, 0) is 0 Å². The van der Waals surface area contributed by atoms with Crippen LogP contribution in [-0.4, -0.2) is 0 Å². The van der Waals surface area contributed by atoms with E-state index in [4.69, 9.17) is 19.2 Å². The van der Waals surface area contributed by atoms with E-state index in [0.717, 1.165) is 0 Å². The molecule has 0 N–H and O–H groups in total. The van der Waals surface area contributed by atoms with E-state index >= 15 is 0 Å². The Morgan fingerprint density at radius 3 is 1.11 bits per heavy atom. The number of phosphoric acid groups is 1. The molecule has 9 heteroatoms. The van der Waals surface area contributed by atoms with E-state index in [2.05, 4.69) is 0 Å². The summed E-state index contributed by atoms with van der Waals surface area (Å²) in [4.78, 5) is 25.6. The summed E-state index contributed by atoms with van der Waals surface area (Å²) in [6.45, 7) is 0. The molecule has 0 bridgehead atoms. The van der Waals surface area contributed by atoms with E-state index in [9.17, 15) is 0 Å². The fraction of sp³-hybridized carbons (Fsp3) is 0. The van der Waals surface area contributed by atoms with Crippen LogP contribution in [0.15, 0.2) is 0 Å². The van der Waals surface area contributed by atoms with Crippen molar-refractivity contribution >= 4 is 7.82 Å². The Morgan fingerprint density at radius 1 is 1.11 bits per heavy atom. The van der Waals surface area contributed by atoms with Crippen LogP contribution in [0.3, 0.4) is 0 Å². The fourth-order valence-corrected chi connectivity index (χ4v) is 0. The molecule has 44 valence electrons. The average molecular weight is 690 g/mol. The zero-order valence-corrected chi connectivity index (χ0v) is 15.9. The Bertz CT molecular complexity index is 66.7. The van der Waals surface area contributed by atoms with Gasteiger partial charge in [0.1, 0.15) is 0 Å². The molecule has 9 heavy (non-hydrogen) atoms. The first kappa shape index (κ1) is 29.2. The predicted octanol–water partition coefficient (Wildman–Crippen LogP) is -2.82. The van der Waals surface area contributed by atoms with Crippen LogP contribution >= 0.6 is 7.82 Å². The van der Waals surface area contributed by atoms with Crippen molar-refractivity contribution in [2.75, 3.05) is 0 Å². The fourth-order valence-electron chi connectivity index (χ4n) is 0. The van der Waals surface area contributed by atoms with Crippen molar-refractivity contribution in [2.45, 2.75) is 0 Å². The minimum atomic E-state index is -5.39. The first-order valence-corrected chi connectivity index (χ1v) is 2.19. The van der Waals surface area contributed by atoms with Gasteiger partial charge in [-0.15, -0.1) is 0 Å². The summed E-state index contributed by atoms with van der Waals surface area (Å²) in [5.41, 5.74) is 0. The number of rotatable bonds is 0. The monoisotopic (exact) mass is 691 g/mol. The van der Waals surface area contributed by atoms with Crippen LogP contribution in [0.5, 0.6) is 0 Å². The summed E-state index contributed by atoms with van der Waals surface area (Å²) < 4.78 is 8.55. The van der Waals surface area contributed by atoms with Gasteiger partial charge >= 0.3 is 156 Å². The molecule has 0 saturated heterocycles. The van der Waals surface area contributed by atoms with Gasteiger partial charge in [0.25, 0.3) is 0 Å². The van der Waals surface area contributed by atoms with Gasteiger partial charge in [-0.25, -0.2) is 0 Å². The molecule has 0 aromatic rings. The Morgan fingerprint density at radius 2 is 1.11 bits per heavy atom. The van der Waals surface area contributed by atoms with Gasteiger partial charge in [0.15, 0.2) is 0 Å². The number of hydrogen-bond donors (Lipinski definition) is 0. The van der Waals surface area contributed by atoms with Crippen molar-refractivity contribution in [1.82, 2.24) is 0 Å². The van der Waals surface area contributed by atoms with Gasteiger partial charge in [0.05, 0.1) is 0 Å². The number of hydrogen-bond acceptors (Lipinski definition) is 4. The van der Waals surface area contributed by atoms with Crippen LogP contribution in [0.2, 0.25) is 0 Å². The molecule has 0 aliphatic rings. The molecule has 0 saturated carbocycles. The largest absolute Gasteiger partial charge is 3.00 e. The second-order valence-electron chi connectivity index (χ2n) is 0.447. The van der Waals surface area contributed by atoms with Gasteiger partial charge in [0, 0.05) is 0 Å². The van der Waals surface area contributed by atoms with E-state index in [-0.39, 0.29) is 156 Å². The standard InChI is InChI=1S/Ce.Gd.La.H3O4P.Tb/c;;;1-5(2,3)4;/h;;;(H3,1,2,3,4);/q3*+3;;+3/p-3. The van der Waals surface area contributed by atoms with E-state index in [1.165, 1.54) is 0 Å². The summed E-state index contributed by atoms with van der Waals surface area (Å²) in [5.74, 6) is 0. The molecule has 4 nitrogen and oxygen atoms in total. The predicted molar refractivity (Wildman–Crippen MR) is 7.61 cm³/mol. The van der Waals surface area contributed by atoms with Crippen LogP contribution < -0.4 is 14.7 Å². The van der Waals surface area contributed by atoms with E-state index in [1.807, 2.05) is 0 Å². The quantitative estimate of drug-likeness (QED) is 0.257. The molecule has 0 aromatic carbocycles. The third kappa shape index (κ3) is 60.5. The van der Waals surface area contributed by atoms with Crippen LogP contribution in [0.4, 0.5) is 0 Å². The third-order valence-corrected chi connectivity index (χ3v) is 0. The van der Waals surface area contributed by atoms with Crippen molar-refractivity contribution in [2.24, 2.45) is 0 Å². The van der Waals surface area contributed by atoms with Gasteiger partial charge in [-0.2, -0.15) is 7.82 Å². The first-order valence-electron chi connectivity index (χ1n) is 0.730. The summed E-state index contributed by atoms with van der Waals surface area (Å²) >= 11 is 0. The third-order valence-electron chi connectivity index (χ3n) is 0. The Labute approximate surface area is 177 Å². The Balaban J connectivity index is -0.0000000133. The molecule has 0 atom stereocenters. The zero-order valence-electron chi connectivity index (χ0n) is 3.84. The van der Waals surface area contributed by atoms with E-state index in [1.54, 1.807) is 0 Å². The maximum atomic E-state index is 8.55. The van der Waals surface area contributed by atoms with Crippen molar-refractivity contribution in [3.63, 3.8) is 0 Å². The molecular formula is CeGdLaO4PTb+9. The van der Waals surface area contributed by atoms with Gasteiger partial charge < -0.3 is 19.2 Å². The van der Waals surface area contributed by atoms with Crippen LogP contribution in [0.1, 0.15) is 0 Å². The molecule has 0 heterocycles. The maximum absolute atomic E-state index is 8.55. The summed E-state index contributed by atoms with van der Waals surface area (Å²) in [7, 11) is -5.39. The van der Waals surface area contributed by atoms with E-state index < -0.39 is 7.82 Å². The molecule has 0 amide bonds. The van der Waals surface area contributed by atoms with Gasteiger partial charge in [0.2, 0.25) is 0 Å². The smallest absolute Gasteiger partial charge is 0.822 e. The normalized spacial score (nSPS) is 6.56. The van der Waals surface area contributed by atoms with Gasteiger partial charge in [-0.3, -0.25) is 0 Å². The summed E-state index contributed by atoms with van der Waals surface area (Å²) in [6, 6.07) is 0. The van der Waals surface area contributed by atoms with Crippen molar-refractivity contribution in [3.8, 4) is 0 Å². The second kappa shape index (κ2) is 15.8. The van der Waals surface area contributed by atoms with Crippen molar-refractivity contribution in [1.29, 1.82) is 0 Å². The first-order chi connectivity index (χ1) is 2.00. The second-order valence-corrected chi connectivity index (χ2v) is 1.34. The average Bonchev–Trinajstić information content (AvgIpc) is 0.722. The SMILES string of the molecule is O=P([O-])([O-])[O-].[Ce+3].[Gd+3].[La+3].[Tb+3]. The molecule has 2 radical (unpaired) electrons. The molecule has 0 aliphatic carbocycles. The zero-order chi connectivity index (χ0) is 4.50. The molecular weight excluding hydrogens is 690 g/mol. The van der Waals surface area contributed by atoms with Crippen molar-refractivity contribution in [3.05, 3.63) is 0 Å². The van der Waals surface area contributed by atoms with Crippen LogP contribution in [0, 0.1) is 156 Å². The molecule has 0 unspecified atom stereocenters. The molecule has 0 rings (SSSR count). The minimum Gasteiger partial charge on any atom is -0.822 e. The topological polar surface area (TPSA) is 86.2 Å². The molecule has 0 spiro atoms. The Kier molecular flexibility index (Phi) is 51.2. The van der Waals surface area contributed by atoms with E-state index in [0.29, 0.717) is 0 Å². The molecule has 0 fully saturated rings. The summed E-state index contributed by atoms with van der Waals surface area (Å²) in [5, 5.41) is 0. The van der Waals surface area contributed by atoms with Gasteiger partial charge in [-0.1, -0.05) is 0 Å². The van der Waals surface area contributed by atoms with Crippen LogP contribution in [-0.2, 0) is 4.57 Å². The maximum Gasteiger partial charge on any atom is 3.00 e. The van der Waals surface area contributed by atoms with Crippen LogP contribution in [0.25, 0.3) is 0 Å². The van der Waals surface area contributed by atoms with Crippen molar-refractivity contribution < 1.29 is 175 Å². The molecule has 0 aliphatic heterocycles. The Hall–Kier alpha value is 5.29. The minimum absolute atomic E-state index is 0. The molecule has 0 aromatic heterocycles. The summed E-state index contributed by atoms with van der Waals surface area (Å²) in [6.07, 6.45) is 0.